The second-order valence-corrected chi connectivity index (χ2v) is 16.2. The summed E-state index contributed by atoms with van der Waals surface area (Å²) >= 11 is 1.47. The Hall–Kier alpha value is -2.27. The summed E-state index contributed by atoms with van der Waals surface area (Å²) < 4.78 is 29.0. The average Bonchev–Trinajstić information content (AvgIpc) is 3.35. The first-order chi connectivity index (χ1) is 18.7. The molecule has 3 aliphatic rings. The maximum absolute atomic E-state index is 13.7. The van der Waals surface area contributed by atoms with Crippen LogP contribution in [0.5, 0.6) is 0 Å². The summed E-state index contributed by atoms with van der Waals surface area (Å²) in [5, 5.41) is 3.54. The number of benzene rings is 1. The van der Waals surface area contributed by atoms with Crippen molar-refractivity contribution in [1.82, 2.24) is 14.1 Å². The van der Waals surface area contributed by atoms with Crippen LogP contribution in [0.15, 0.2) is 29.2 Å². The van der Waals surface area contributed by atoms with E-state index >= 15 is 0 Å². The monoisotopic (exact) mass is 586 g/mol. The first-order valence-corrected chi connectivity index (χ1v) is 16.5. The van der Waals surface area contributed by atoms with E-state index in [-0.39, 0.29) is 33.6 Å². The largest absolute Gasteiger partial charge is 0.345 e. The molecule has 218 valence electrons. The summed E-state index contributed by atoms with van der Waals surface area (Å²) in [7, 11) is -0.231. The van der Waals surface area contributed by atoms with Gasteiger partial charge >= 0.3 is 0 Å². The maximum atomic E-state index is 13.7. The third-order valence-corrected chi connectivity index (χ3v) is 11.7. The number of nitrogens with one attached hydrogen (secondary N) is 1. The second kappa shape index (κ2) is 10.5. The van der Waals surface area contributed by atoms with Gasteiger partial charge in [0.15, 0.2) is 0 Å². The summed E-state index contributed by atoms with van der Waals surface area (Å²) in [6, 6.07) is 6.22. The fourth-order valence-corrected chi connectivity index (χ4v) is 10.3. The minimum Gasteiger partial charge on any atom is -0.345 e. The number of rotatable bonds is 7. The number of anilines is 1. The number of nitrogens with zero attached hydrogens (tertiary/aromatic N) is 3. The van der Waals surface area contributed by atoms with Crippen LogP contribution in [-0.2, 0) is 23.0 Å². The normalized spacial score (nSPS) is 24.5. The van der Waals surface area contributed by atoms with E-state index in [1.807, 2.05) is 0 Å². The van der Waals surface area contributed by atoms with Crippen LogP contribution in [0.3, 0.4) is 0 Å². The van der Waals surface area contributed by atoms with Crippen molar-refractivity contribution in [3.63, 3.8) is 0 Å². The first-order valence-electron chi connectivity index (χ1n) is 14.2. The molecule has 2 atom stereocenters. The van der Waals surface area contributed by atoms with Gasteiger partial charge < -0.3 is 10.2 Å². The number of carbonyl (C=O) groups excluding carboxylic acids is 2. The van der Waals surface area contributed by atoms with E-state index in [0.29, 0.717) is 22.7 Å². The van der Waals surface area contributed by atoms with E-state index in [1.54, 1.807) is 35.4 Å². The van der Waals surface area contributed by atoms with Gasteiger partial charge in [0.25, 0.3) is 11.8 Å². The van der Waals surface area contributed by atoms with Crippen LogP contribution in [0, 0.1) is 10.8 Å². The topological polar surface area (TPSA) is 90.0 Å². The Labute approximate surface area is 242 Å². The SMILES string of the molecule is CCCN1CCc2c(sc(NC(=O)c3ccc(S(=O)(=O)N4CC5(C)CC4CC(C)(C)C5)cc3)c2C(=O)N(C)C)C1. The summed E-state index contributed by atoms with van der Waals surface area (Å²) in [6.07, 6.45) is 4.61. The first kappa shape index (κ1) is 29.2. The van der Waals surface area contributed by atoms with Gasteiger partial charge in [-0.1, -0.05) is 27.7 Å². The number of sulfonamides is 1. The van der Waals surface area contributed by atoms with Crippen molar-refractivity contribution < 1.29 is 18.0 Å². The molecule has 1 aromatic heterocycles. The zero-order valence-electron chi connectivity index (χ0n) is 24.5. The molecule has 1 saturated carbocycles. The molecule has 0 spiro atoms. The Morgan fingerprint density at radius 3 is 2.48 bits per heavy atom. The molecular formula is C30H42N4O4S2. The highest BCUT2D eigenvalue weighted by Crippen LogP contribution is 2.53. The predicted octanol–water partition coefficient (Wildman–Crippen LogP) is 5.06. The van der Waals surface area contributed by atoms with E-state index in [9.17, 15) is 18.0 Å². The van der Waals surface area contributed by atoms with Crippen molar-refractivity contribution in [2.24, 2.45) is 10.8 Å². The average molecular weight is 587 g/mol. The lowest BCUT2D eigenvalue weighted by Gasteiger charge is -2.39. The molecule has 2 aromatic rings. The highest BCUT2D eigenvalue weighted by Gasteiger charge is 2.53. The number of carbonyl (C=O) groups is 2. The highest BCUT2D eigenvalue weighted by molar-refractivity contribution is 7.89. The van der Waals surface area contributed by atoms with Gasteiger partial charge in [-0.15, -0.1) is 11.3 Å². The molecule has 1 saturated heterocycles. The van der Waals surface area contributed by atoms with Gasteiger partial charge in [0.2, 0.25) is 10.0 Å². The van der Waals surface area contributed by atoms with Crippen molar-refractivity contribution >= 4 is 38.2 Å². The molecule has 2 amide bonds. The van der Waals surface area contributed by atoms with E-state index in [0.717, 1.165) is 62.2 Å². The van der Waals surface area contributed by atoms with E-state index in [2.05, 4.69) is 37.9 Å². The smallest absolute Gasteiger partial charge is 0.256 e. The molecule has 2 fully saturated rings. The maximum Gasteiger partial charge on any atom is 0.256 e. The lowest BCUT2D eigenvalue weighted by molar-refractivity contribution is 0.0827. The fourth-order valence-electron chi connectivity index (χ4n) is 7.28. The van der Waals surface area contributed by atoms with Crippen LogP contribution in [0.1, 0.15) is 84.5 Å². The van der Waals surface area contributed by atoms with Gasteiger partial charge in [0, 0.05) is 50.2 Å². The van der Waals surface area contributed by atoms with E-state index < -0.39 is 10.0 Å². The minimum atomic E-state index is -3.67. The molecule has 5 rings (SSSR count). The Kier molecular flexibility index (Phi) is 7.70. The fraction of sp³-hybridized carbons (Fsp3) is 0.600. The van der Waals surface area contributed by atoms with Crippen molar-refractivity contribution in [1.29, 1.82) is 0 Å². The lowest BCUT2D eigenvalue weighted by Crippen LogP contribution is -2.37. The molecule has 1 aliphatic carbocycles. The van der Waals surface area contributed by atoms with Crippen LogP contribution >= 0.6 is 11.3 Å². The quantitative estimate of drug-likeness (QED) is 0.490. The van der Waals surface area contributed by atoms with Crippen LogP contribution in [0.2, 0.25) is 0 Å². The summed E-state index contributed by atoms with van der Waals surface area (Å²) in [4.78, 5) is 31.7. The zero-order valence-corrected chi connectivity index (χ0v) is 26.2. The van der Waals surface area contributed by atoms with Crippen LogP contribution in [0.4, 0.5) is 5.00 Å². The van der Waals surface area contributed by atoms with Gasteiger partial charge in [0.05, 0.1) is 10.5 Å². The summed E-state index contributed by atoms with van der Waals surface area (Å²) in [5.41, 5.74) is 2.07. The van der Waals surface area contributed by atoms with Crippen LogP contribution in [-0.4, -0.2) is 74.1 Å². The number of hydrogen-bond acceptors (Lipinski definition) is 6. The molecule has 2 bridgehead atoms. The molecule has 3 heterocycles. The lowest BCUT2D eigenvalue weighted by atomic mass is 9.65. The summed E-state index contributed by atoms with van der Waals surface area (Å²) in [6.45, 7) is 12.0. The molecule has 1 aromatic carbocycles. The Morgan fingerprint density at radius 1 is 1.12 bits per heavy atom. The molecule has 1 N–H and O–H groups in total. The van der Waals surface area contributed by atoms with Crippen molar-refractivity contribution in [2.75, 3.05) is 39.0 Å². The number of amides is 2. The molecule has 0 radical (unpaired) electrons. The second-order valence-electron chi connectivity index (χ2n) is 13.2. The third-order valence-electron chi connectivity index (χ3n) is 8.61. The predicted molar refractivity (Wildman–Crippen MR) is 159 cm³/mol. The van der Waals surface area contributed by atoms with Gasteiger partial charge in [-0.05, 0) is 79.3 Å². The van der Waals surface area contributed by atoms with Crippen molar-refractivity contribution in [3.8, 4) is 0 Å². The van der Waals surface area contributed by atoms with Gasteiger partial charge in [-0.2, -0.15) is 4.31 Å². The third kappa shape index (κ3) is 5.47. The Balaban J connectivity index is 1.36. The van der Waals surface area contributed by atoms with Crippen molar-refractivity contribution in [2.45, 2.75) is 77.3 Å². The van der Waals surface area contributed by atoms with Gasteiger partial charge in [-0.3, -0.25) is 14.5 Å². The zero-order chi connectivity index (χ0) is 29.0. The van der Waals surface area contributed by atoms with Crippen LogP contribution < -0.4 is 5.32 Å². The molecule has 8 nitrogen and oxygen atoms in total. The highest BCUT2D eigenvalue weighted by atomic mass is 32.2. The van der Waals surface area contributed by atoms with Gasteiger partial charge in [0.1, 0.15) is 5.00 Å². The molecule has 2 aliphatic heterocycles. The van der Waals surface area contributed by atoms with Gasteiger partial charge in [-0.25, -0.2) is 8.42 Å². The number of thiophene rings is 1. The Morgan fingerprint density at radius 2 is 1.82 bits per heavy atom. The molecule has 2 unspecified atom stereocenters. The number of hydrogen-bond donors (Lipinski definition) is 1. The van der Waals surface area contributed by atoms with Crippen molar-refractivity contribution in [3.05, 3.63) is 45.8 Å². The van der Waals surface area contributed by atoms with Crippen LogP contribution in [0.25, 0.3) is 0 Å². The standard InChI is InChI=1S/C30H42N4O4S2/c1-7-13-33-14-12-23-24(17-33)39-27(25(23)28(36)32(5)6)31-26(35)20-8-10-22(11-9-20)40(37,38)34-19-30(4)16-21(34)15-29(2,3)18-30/h8-11,21H,7,12-19H2,1-6H3,(H,31,35). The summed E-state index contributed by atoms with van der Waals surface area (Å²) in [5.74, 6) is -0.474. The van der Waals surface area contributed by atoms with E-state index in [1.165, 1.54) is 23.5 Å². The molecule has 10 heteroatoms. The number of fused-ring (bicyclic) bond motifs is 3. The minimum absolute atomic E-state index is 0.00550. The van der Waals surface area contributed by atoms with E-state index in [4.69, 9.17) is 0 Å². The molecule has 40 heavy (non-hydrogen) atoms. The molecular weight excluding hydrogens is 544 g/mol. The Bertz CT molecular complexity index is 1410.